The van der Waals surface area contributed by atoms with Crippen LogP contribution in [0.4, 0.5) is 9.18 Å². The highest BCUT2D eigenvalue weighted by Gasteiger charge is 2.44. The van der Waals surface area contributed by atoms with Gasteiger partial charge in [0.05, 0.1) is 29.0 Å². The molecule has 11 nitrogen and oxygen atoms in total. The van der Waals surface area contributed by atoms with E-state index in [4.69, 9.17) is 19.8 Å². The number of ether oxygens (including phenoxy) is 1. The molecule has 2 aliphatic rings. The van der Waals surface area contributed by atoms with Crippen LogP contribution in [0.2, 0.25) is 0 Å². The van der Waals surface area contributed by atoms with Crippen molar-refractivity contribution in [2.24, 2.45) is 11.8 Å². The Bertz CT molecular complexity index is 2110. The first-order valence-corrected chi connectivity index (χ1v) is 17.5. The Balaban J connectivity index is 1.22. The zero-order valence-corrected chi connectivity index (χ0v) is 29.4. The molecule has 5 heterocycles. The molecule has 7 rings (SSSR count). The standard InChI is InChI=1S/C38H44FN7O4/c1-7-23-19-45(28(8-2)33(23)42-37(49)50-38(4,5)6)36(48)25-17-40-34-21(3)32(43-46(34)20-25)29-16-24-14-15-27(26-10-9-11-30(47)31(26)39)41-35(24)44(29)18-22-12-13-22/h9-11,14-17,20,22-23,28,33,47H,7-8,12-13,18-19H2,1-6H3,(H,42,49)/t23?,28?,33-/m1/s1. The molecule has 1 aromatic carbocycles. The first-order chi connectivity index (χ1) is 23.9. The zero-order chi connectivity index (χ0) is 35.5. The van der Waals surface area contributed by atoms with Gasteiger partial charge in [-0.3, -0.25) is 4.79 Å². The molecule has 0 spiro atoms. The fourth-order valence-electron chi connectivity index (χ4n) is 7.26. The zero-order valence-electron chi connectivity index (χ0n) is 29.4. The lowest BCUT2D eigenvalue weighted by atomic mass is 9.95. The topological polar surface area (TPSA) is 127 Å². The smallest absolute Gasteiger partial charge is 0.407 e. The van der Waals surface area contributed by atoms with Gasteiger partial charge in [-0.05, 0) is 95.5 Å². The summed E-state index contributed by atoms with van der Waals surface area (Å²) in [6.45, 7) is 12.8. The highest BCUT2D eigenvalue weighted by molar-refractivity contribution is 5.94. The summed E-state index contributed by atoms with van der Waals surface area (Å²) in [4.78, 5) is 38.3. The molecule has 2 unspecified atom stereocenters. The third kappa shape index (κ3) is 6.16. The van der Waals surface area contributed by atoms with Crippen LogP contribution < -0.4 is 5.32 Å². The number of hydrogen-bond acceptors (Lipinski definition) is 7. The second-order valence-electron chi connectivity index (χ2n) is 14.7. The number of phenolic OH excluding ortho intramolecular Hbond substituents is 1. The van der Waals surface area contributed by atoms with Crippen molar-refractivity contribution in [2.45, 2.75) is 91.5 Å². The first-order valence-electron chi connectivity index (χ1n) is 17.5. The quantitative estimate of drug-likeness (QED) is 0.178. The number of nitrogens with one attached hydrogen (secondary N) is 1. The van der Waals surface area contributed by atoms with E-state index >= 15 is 0 Å². The van der Waals surface area contributed by atoms with Crippen molar-refractivity contribution >= 4 is 28.7 Å². The van der Waals surface area contributed by atoms with Crippen LogP contribution in [-0.4, -0.2) is 70.4 Å². The van der Waals surface area contributed by atoms with Gasteiger partial charge in [0.2, 0.25) is 0 Å². The molecular formula is C38H44FN7O4. The van der Waals surface area contributed by atoms with Crippen molar-refractivity contribution in [1.82, 2.24) is 34.4 Å². The molecule has 2 N–H and O–H groups in total. The average Bonchev–Trinajstić information content (AvgIpc) is 3.62. The number of phenols is 1. The fraction of sp³-hybridized carbons (Fsp3) is 0.447. The van der Waals surface area contributed by atoms with Gasteiger partial charge in [0, 0.05) is 42.0 Å². The van der Waals surface area contributed by atoms with Gasteiger partial charge < -0.3 is 24.6 Å². The minimum Gasteiger partial charge on any atom is -0.505 e. The van der Waals surface area contributed by atoms with Crippen molar-refractivity contribution in [3.8, 4) is 28.4 Å². The number of carbonyl (C=O) groups is 2. The second kappa shape index (κ2) is 12.7. The van der Waals surface area contributed by atoms with Crippen molar-refractivity contribution in [1.29, 1.82) is 0 Å². The number of aryl methyl sites for hydroxylation is 1. The molecule has 262 valence electrons. The molecule has 4 aromatic heterocycles. The molecule has 2 amide bonds. The number of aromatic hydroxyl groups is 1. The van der Waals surface area contributed by atoms with Gasteiger partial charge in [-0.1, -0.05) is 19.9 Å². The molecule has 12 heteroatoms. The molecule has 5 aromatic rings. The van der Waals surface area contributed by atoms with Gasteiger partial charge in [-0.25, -0.2) is 23.7 Å². The van der Waals surface area contributed by atoms with E-state index in [1.54, 1.807) is 35.1 Å². The molecule has 1 aliphatic carbocycles. The van der Waals surface area contributed by atoms with Gasteiger partial charge in [0.1, 0.15) is 16.9 Å². The molecule has 3 atom stereocenters. The van der Waals surface area contributed by atoms with E-state index in [0.717, 1.165) is 48.1 Å². The van der Waals surface area contributed by atoms with E-state index in [0.29, 0.717) is 41.4 Å². The molecule has 1 saturated carbocycles. The highest BCUT2D eigenvalue weighted by atomic mass is 19.1. The number of hydrogen-bond donors (Lipinski definition) is 2. The van der Waals surface area contributed by atoms with E-state index < -0.39 is 23.3 Å². The number of carbonyl (C=O) groups excluding carboxylic acids is 2. The third-order valence-corrected chi connectivity index (χ3v) is 9.97. The summed E-state index contributed by atoms with van der Waals surface area (Å²) in [6, 6.07) is 9.84. The van der Waals surface area contributed by atoms with Gasteiger partial charge in [-0.15, -0.1) is 0 Å². The Morgan fingerprint density at radius 3 is 2.58 bits per heavy atom. The predicted molar refractivity (Wildman–Crippen MR) is 188 cm³/mol. The van der Waals surface area contributed by atoms with Gasteiger partial charge in [0.25, 0.3) is 5.91 Å². The molecule has 0 bridgehead atoms. The lowest BCUT2D eigenvalue weighted by Crippen LogP contribution is -2.49. The summed E-state index contributed by atoms with van der Waals surface area (Å²) < 4.78 is 24.2. The van der Waals surface area contributed by atoms with Crippen LogP contribution in [0.15, 0.2) is 48.8 Å². The van der Waals surface area contributed by atoms with Crippen molar-refractivity contribution in [3.05, 3.63) is 65.7 Å². The maximum absolute atomic E-state index is 14.9. The summed E-state index contributed by atoms with van der Waals surface area (Å²) >= 11 is 0. The van der Waals surface area contributed by atoms with Crippen LogP contribution in [0.5, 0.6) is 5.75 Å². The minimum atomic E-state index is -0.702. The summed E-state index contributed by atoms with van der Waals surface area (Å²) in [5.74, 6) is -0.683. The normalized spacial score (nSPS) is 19.4. The number of amides is 2. The number of rotatable bonds is 8. The van der Waals surface area contributed by atoms with Crippen LogP contribution in [0, 0.1) is 24.6 Å². The largest absolute Gasteiger partial charge is 0.505 e. The highest BCUT2D eigenvalue weighted by Crippen LogP contribution is 2.38. The summed E-state index contributed by atoms with van der Waals surface area (Å²) in [7, 11) is 0. The minimum absolute atomic E-state index is 0.0817. The molecule has 50 heavy (non-hydrogen) atoms. The van der Waals surface area contributed by atoms with Crippen LogP contribution in [0.25, 0.3) is 39.3 Å². The Labute approximate surface area is 290 Å². The van der Waals surface area contributed by atoms with E-state index in [1.165, 1.54) is 6.07 Å². The Morgan fingerprint density at radius 1 is 1.10 bits per heavy atom. The summed E-state index contributed by atoms with van der Waals surface area (Å²) in [6.07, 6.45) is 6.58. The van der Waals surface area contributed by atoms with Crippen molar-refractivity contribution in [3.63, 3.8) is 0 Å². The molecule has 2 fully saturated rings. The van der Waals surface area contributed by atoms with E-state index in [2.05, 4.69) is 16.8 Å². The Hall–Kier alpha value is -5.00. The van der Waals surface area contributed by atoms with Crippen molar-refractivity contribution in [2.75, 3.05) is 6.54 Å². The first kappa shape index (κ1) is 33.5. The number of benzene rings is 1. The van der Waals surface area contributed by atoms with E-state index in [-0.39, 0.29) is 29.5 Å². The summed E-state index contributed by atoms with van der Waals surface area (Å²) in [5.41, 5.74) is 4.28. The SMILES string of the molecule is CCC1CN(C(=O)c2cnc3c(C)c(-c4cc5ccc(-c6cccc(O)c6F)nc5n4CC4CC4)nn3c2)C(CC)[C@@H]1NC(=O)OC(C)(C)C. The van der Waals surface area contributed by atoms with Crippen molar-refractivity contribution < 1.29 is 23.8 Å². The van der Waals surface area contributed by atoms with Crippen LogP contribution in [0.3, 0.4) is 0 Å². The van der Waals surface area contributed by atoms with E-state index in [9.17, 15) is 19.1 Å². The maximum atomic E-state index is 14.9. The van der Waals surface area contributed by atoms with Gasteiger partial charge in [0.15, 0.2) is 17.2 Å². The molecule has 1 saturated heterocycles. The van der Waals surface area contributed by atoms with Gasteiger partial charge in [-0.2, -0.15) is 5.10 Å². The number of fused-ring (bicyclic) bond motifs is 2. The molecule has 1 aliphatic heterocycles. The monoisotopic (exact) mass is 681 g/mol. The number of pyridine rings is 1. The number of nitrogens with zero attached hydrogens (tertiary/aromatic N) is 6. The molecule has 0 radical (unpaired) electrons. The lowest BCUT2D eigenvalue weighted by Gasteiger charge is -2.29. The number of alkyl carbamates (subject to hydrolysis) is 1. The maximum Gasteiger partial charge on any atom is 0.407 e. The fourth-order valence-corrected chi connectivity index (χ4v) is 7.26. The van der Waals surface area contributed by atoms with Crippen LogP contribution >= 0.6 is 0 Å². The summed E-state index contributed by atoms with van der Waals surface area (Å²) in [5, 5.41) is 18.9. The third-order valence-electron chi connectivity index (χ3n) is 9.97. The molecular weight excluding hydrogens is 637 g/mol. The number of aromatic nitrogens is 5. The number of halogens is 1. The second-order valence-corrected chi connectivity index (χ2v) is 14.7. The number of likely N-dealkylation sites (tertiary alicyclic amines) is 1. The lowest BCUT2D eigenvalue weighted by molar-refractivity contribution is 0.0471. The Morgan fingerprint density at radius 2 is 1.88 bits per heavy atom. The van der Waals surface area contributed by atoms with E-state index in [1.807, 2.05) is 51.7 Å². The van der Waals surface area contributed by atoms with Crippen LogP contribution in [0.1, 0.15) is 76.2 Å². The average molecular weight is 682 g/mol. The Kier molecular flexibility index (Phi) is 8.52. The van der Waals surface area contributed by atoms with Gasteiger partial charge >= 0.3 is 6.09 Å². The van der Waals surface area contributed by atoms with Crippen LogP contribution in [-0.2, 0) is 11.3 Å². The predicted octanol–water partition coefficient (Wildman–Crippen LogP) is 7.13.